The summed E-state index contributed by atoms with van der Waals surface area (Å²) in [4.78, 5) is 11.7. The maximum Gasteiger partial charge on any atom is 0.326 e. The summed E-state index contributed by atoms with van der Waals surface area (Å²) < 4.78 is 5.32. The van der Waals surface area contributed by atoms with Gasteiger partial charge in [0.05, 0.1) is 0 Å². The highest BCUT2D eigenvalue weighted by Gasteiger charge is 2.39. The Labute approximate surface area is 79.8 Å². The molecule has 1 atom stereocenters. The largest absolute Gasteiger partial charge is 0.459 e. The Bertz CT molecular complexity index is 199. The van der Waals surface area contributed by atoms with Crippen molar-refractivity contribution < 1.29 is 9.53 Å². The van der Waals surface area contributed by atoms with Crippen LogP contribution in [-0.2, 0) is 9.53 Å². The number of esters is 1. The minimum absolute atomic E-state index is 0.127. The van der Waals surface area contributed by atoms with Gasteiger partial charge in [0.25, 0.3) is 0 Å². The number of rotatable bonds is 1. The summed E-state index contributed by atoms with van der Waals surface area (Å²) in [6.45, 7) is 8.50. The highest BCUT2D eigenvalue weighted by molar-refractivity contribution is 5.81. The summed E-state index contributed by atoms with van der Waals surface area (Å²) in [6.07, 6.45) is 1.93. The second-order valence-electron chi connectivity index (χ2n) is 4.86. The van der Waals surface area contributed by atoms with Crippen LogP contribution in [-0.4, -0.2) is 23.7 Å². The highest BCUT2D eigenvalue weighted by Crippen LogP contribution is 2.22. The molecule has 0 saturated carbocycles. The molecule has 1 fully saturated rings. The number of hydrogen-bond donors (Lipinski definition) is 1. The van der Waals surface area contributed by atoms with E-state index < -0.39 is 5.54 Å². The maximum absolute atomic E-state index is 11.7. The fourth-order valence-corrected chi connectivity index (χ4v) is 1.46. The zero-order valence-electron chi connectivity index (χ0n) is 8.94. The molecule has 1 heterocycles. The van der Waals surface area contributed by atoms with Crippen LogP contribution in [0.2, 0.25) is 0 Å². The lowest BCUT2D eigenvalue weighted by Crippen LogP contribution is -2.48. The molecule has 1 aliphatic heterocycles. The first kappa shape index (κ1) is 10.5. The SMILES string of the molecule is CC(C)(C)OC(=O)C1(C)CCCN1. The summed E-state index contributed by atoms with van der Waals surface area (Å²) in [7, 11) is 0. The summed E-state index contributed by atoms with van der Waals surface area (Å²) in [5.74, 6) is -0.127. The maximum atomic E-state index is 11.7. The first-order chi connectivity index (χ1) is 5.83. The number of carbonyl (C=O) groups excluding carboxylic acids is 1. The molecule has 0 bridgehead atoms. The molecule has 1 aliphatic rings. The van der Waals surface area contributed by atoms with Crippen molar-refractivity contribution in [3.63, 3.8) is 0 Å². The van der Waals surface area contributed by atoms with Crippen LogP contribution in [0.1, 0.15) is 40.5 Å². The van der Waals surface area contributed by atoms with E-state index in [1.54, 1.807) is 0 Å². The Kier molecular flexibility index (Phi) is 2.66. The van der Waals surface area contributed by atoms with Crippen molar-refractivity contribution in [2.75, 3.05) is 6.54 Å². The van der Waals surface area contributed by atoms with Crippen LogP contribution in [0.5, 0.6) is 0 Å². The third kappa shape index (κ3) is 2.69. The number of nitrogens with one attached hydrogen (secondary N) is 1. The minimum atomic E-state index is -0.451. The molecule has 0 aromatic carbocycles. The van der Waals surface area contributed by atoms with Gasteiger partial charge in [0, 0.05) is 0 Å². The Balaban J connectivity index is 2.57. The van der Waals surface area contributed by atoms with Crippen LogP contribution >= 0.6 is 0 Å². The number of hydrogen-bond acceptors (Lipinski definition) is 3. The molecule has 3 nitrogen and oxygen atoms in total. The lowest BCUT2D eigenvalue weighted by Gasteiger charge is -2.28. The van der Waals surface area contributed by atoms with Crippen molar-refractivity contribution in [2.45, 2.75) is 51.7 Å². The molecule has 0 aromatic rings. The average Bonchev–Trinajstić information content (AvgIpc) is 2.33. The van der Waals surface area contributed by atoms with Gasteiger partial charge in [-0.3, -0.25) is 4.79 Å². The van der Waals surface area contributed by atoms with E-state index in [0.717, 1.165) is 19.4 Å². The van der Waals surface area contributed by atoms with Crippen molar-refractivity contribution in [1.82, 2.24) is 5.32 Å². The van der Waals surface area contributed by atoms with Crippen molar-refractivity contribution in [2.24, 2.45) is 0 Å². The Morgan fingerprint density at radius 1 is 1.46 bits per heavy atom. The van der Waals surface area contributed by atoms with E-state index in [2.05, 4.69) is 5.32 Å². The number of carbonyl (C=O) groups is 1. The smallest absolute Gasteiger partial charge is 0.326 e. The predicted octanol–water partition coefficient (Wildman–Crippen LogP) is 1.47. The van der Waals surface area contributed by atoms with Gasteiger partial charge in [0.2, 0.25) is 0 Å². The molecule has 1 rings (SSSR count). The molecule has 1 saturated heterocycles. The van der Waals surface area contributed by atoms with Gasteiger partial charge in [-0.25, -0.2) is 0 Å². The Morgan fingerprint density at radius 2 is 2.08 bits per heavy atom. The summed E-state index contributed by atoms with van der Waals surface area (Å²) in [5.41, 5.74) is -0.836. The summed E-state index contributed by atoms with van der Waals surface area (Å²) in [5, 5.41) is 3.18. The fourth-order valence-electron chi connectivity index (χ4n) is 1.46. The highest BCUT2D eigenvalue weighted by atomic mass is 16.6. The van der Waals surface area contributed by atoms with Gasteiger partial charge in [0.15, 0.2) is 0 Å². The molecule has 76 valence electrons. The molecule has 0 radical (unpaired) electrons. The normalized spacial score (nSPS) is 28.9. The first-order valence-corrected chi connectivity index (χ1v) is 4.82. The quantitative estimate of drug-likeness (QED) is 0.629. The lowest BCUT2D eigenvalue weighted by molar-refractivity contribution is -0.161. The monoisotopic (exact) mass is 185 g/mol. The van der Waals surface area contributed by atoms with E-state index in [-0.39, 0.29) is 11.6 Å². The van der Waals surface area contributed by atoms with E-state index in [1.165, 1.54) is 0 Å². The molecule has 1 N–H and O–H groups in total. The van der Waals surface area contributed by atoms with E-state index in [9.17, 15) is 4.79 Å². The van der Waals surface area contributed by atoms with E-state index in [4.69, 9.17) is 4.74 Å². The van der Waals surface area contributed by atoms with E-state index >= 15 is 0 Å². The third-order valence-electron chi connectivity index (χ3n) is 2.22. The van der Waals surface area contributed by atoms with Crippen LogP contribution < -0.4 is 5.32 Å². The van der Waals surface area contributed by atoms with Gasteiger partial charge in [-0.2, -0.15) is 0 Å². The molecule has 1 unspecified atom stereocenters. The first-order valence-electron chi connectivity index (χ1n) is 4.82. The van der Waals surface area contributed by atoms with Crippen molar-refractivity contribution in [3.05, 3.63) is 0 Å². The van der Waals surface area contributed by atoms with Crippen LogP contribution in [0.25, 0.3) is 0 Å². The van der Waals surface area contributed by atoms with Gasteiger partial charge in [0.1, 0.15) is 11.1 Å². The third-order valence-corrected chi connectivity index (χ3v) is 2.22. The van der Waals surface area contributed by atoms with Crippen LogP contribution in [0, 0.1) is 0 Å². The van der Waals surface area contributed by atoms with Gasteiger partial charge in [-0.1, -0.05) is 0 Å². The fraction of sp³-hybridized carbons (Fsp3) is 0.900. The molecule has 0 amide bonds. The molecule has 0 spiro atoms. The second kappa shape index (κ2) is 3.29. The molecule has 13 heavy (non-hydrogen) atoms. The van der Waals surface area contributed by atoms with Crippen LogP contribution in [0.15, 0.2) is 0 Å². The zero-order chi connectivity index (χ0) is 10.1. The Morgan fingerprint density at radius 3 is 2.46 bits per heavy atom. The van der Waals surface area contributed by atoms with E-state index in [0.29, 0.717) is 0 Å². The van der Waals surface area contributed by atoms with Gasteiger partial charge < -0.3 is 10.1 Å². The zero-order valence-corrected chi connectivity index (χ0v) is 8.94. The number of ether oxygens (including phenoxy) is 1. The topological polar surface area (TPSA) is 38.3 Å². The second-order valence-corrected chi connectivity index (χ2v) is 4.86. The molecule has 0 aromatic heterocycles. The standard InChI is InChI=1S/C10H19NO2/c1-9(2,3)13-8(12)10(4)6-5-7-11-10/h11H,5-7H2,1-4H3. The predicted molar refractivity (Wildman–Crippen MR) is 51.5 cm³/mol. The summed E-state index contributed by atoms with van der Waals surface area (Å²) >= 11 is 0. The van der Waals surface area contributed by atoms with Crippen LogP contribution in [0.3, 0.4) is 0 Å². The van der Waals surface area contributed by atoms with Crippen LogP contribution in [0.4, 0.5) is 0 Å². The van der Waals surface area contributed by atoms with Gasteiger partial charge in [-0.05, 0) is 47.1 Å². The molecular weight excluding hydrogens is 166 g/mol. The Hall–Kier alpha value is -0.570. The minimum Gasteiger partial charge on any atom is -0.459 e. The summed E-state index contributed by atoms with van der Waals surface area (Å²) in [6, 6.07) is 0. The molecular formula is C10H19NO2. The van der Waals surface area contributed by atoms with Crippen molar-refractivity contribution in [3.8, 4) is 0 Å². The van der Waals surface area contributed by atoms with Gasteiger partial charge in [-0.15, -0.1) is 0 Å². The molecule has 0 aliphatic carbocycles. The lowest BCUT2D eigenvalue weighted by atomic mass is 10.0. The molecule has 3 heteroatoms. The van der Waals surface area contributed by atoms with Gasteiger partial charge >= 0.3 is 5.97 Å². The average molecular weight is 185 g/mol. The van der Waals surface area contributed by atoms with Crippen molar-refractivity contribution in [1.29, 1.82) is 0 Å². The van der Waals surface area contributed by atoms with E-state index in [1.807, 2.05) is 27.7 Å². The van der Waals surface area contributed by atoms with Crippen molar-refractivity contribution >= 4 is 5.97 Å².